The van der Waals surface area contributed by atoms with Crippen LogP contribution >= 0.6 is 22.7 Å². The number of esters is 1. The zero-order valence-electron chi connectivity index (χ0n) is 20.6. The lowest BCUT2D eigenvalue weighted by molar-refractivity contribution is 0.0601. The highest BCUT2D eigenvalue weighted by molar-refractivity contribution is 7.16. The number of methoxy groups -OCH3 is 1. The predicted octanol–water partition coefficient (Wildman–Crippen LogP) is 7.09. The first-order chi connectivity index (χ1) is 16.9. The molecule has 0 fully saturated rings. The van der Waals surface area contributed by atoms with Crippen molar-refractivity contribution < 1.29 is 14.3 Å². The summed E-state index contributed by atoms with van der Waals surface area (Å²) in [4.78, 5) is 26.4. The molecule has 0 amide bonds. The average Bonchev–Trinajstić information content (AvgIpc) is 3.53. The molecule has 35 heavy (non-hydrogen) atoms. The molecule has 4 aromatic rings. The summed E-state index contributed by atoms with van der Waals surface area (Å²) in [6.45, 7) is 7.00. The number of nitrogens with zero attached hydrogens (tertiary/aromatic N) is 3. The molecular weight excluding hydrogens is 478 g/mol. The smallest absolute Gasteiger partial charge is 0.338 e. The van der Waals surface area contributed by atoms with Gasteiger partial charge in [-0.05, 0) is 48.9 Å². The summed E-state index contributed by atoms with van der Waals surface area (Å²) in [5.74, 6) is 1.55. The third kappa shape index (κ3) is 5.55. The lowest BCUT2D eigenvalue weighted by Gasteiger charge is -2.16. The molecule has 3 aromatic heterocycles. The van der Waals surface area contributed by atoms with Crippen LogP contribution in [0.3, 0.4) is 0 Å². The van der Waals surface area contributed by atoms with Crippen LogP contribution in [0.4, 0.5) is 10.9 Å². The number of benzene rings is 1. The lowest BCUT2D eigenvalue weighted by atomic mass is 10.0. The van der Waals surface area contributed by atoms with E-state index in [0.717, 1.165) is 39.0 Å². The number of hydrogen-bond acceptors (Lipinski definition) is 8. The van der Waals surface area contributed by atoms with Crippen LogP contribution in [0.2, 0.25) is 0 Å². The fourth-order valence-electron chi connectivity index (χ4n) is 3.75. The Morgan fingerprint density at radius 2 is 2.00 bits per heavy atom. The van der Waals surface area contributed by atoms with Crippen molar-refractivity contribution in [1.82, 2.24) is 9.97 Å². The molecule has 1 aromatic carbocycles. The molecule has 4 rings (SSSR count). The number of carbonyl (C=O) groups excluding carboxylic acids is 1. The van der Waals surface area contributed by atoms with Gasteiger partial charge in [0, 0.05) is 34.1 Å². The SMILES string of the molecule is CCOc1cccc(-c2nc(N(C)c3cc(C(=O)OC)c(-c4cccs4)cn3)sc2CC(C)C)c1. The Balaban J connectivity index is 1.74. The summed E-state index contributed by atoms with van der Waals surface area (Å²) in [5.41, 5.74) is 3.22. The molecule has 0 atom stereocenters. The monoisotopic (exact) mass is 507 g/mol. The van der Waals surface area contributed by atoms with Crippen molar-refractivity contribution in [2.24, 2.45) is 5.92 Å². The first kappa shape index (κ1) is 24.9. The number of hydrogen-bond donors (Lipinski definition) is 0. The van der Waals surface area contributed by atoms with Gasteiger partial charge in [0.15, 0.2) is 5.13 Å². The van der Waals surface area contributed by atoms with E-state index in [1.807, 2.05) is 54.6 Å². The van der Waals surface area contributed by atoms with Gasteiger partial charge in [0.05, 0.1) is 25.0 Å². The van der Waals surface area contributed by atoms with Crippen LogP contribution in [0.5, 0.6) is 5.75 Å². The zero-order chi connectivity index (χ0) is 24.9. The van der Waals surface area contributed by atoms with Gasteiger partial charge in [-0.3, -0.25) is 0 Å². The van der Waals surface area contributed by atoms with Crippen LogP contribution in [0.1, 0.15) is 36.0 Å². The van der Waals surface area contributed by atoms with Crippen LogP contribution < -0.4 is 9.64 Å². The number of thiophene rings is 1. The van der Waals surface area contributed by atoms with Gasteiger partial charge in [-0.2, -0.15) is 0 Å². The third-order valence-electron chi connectivity index (χ3n) is 5.41. The Morgan fingerprint density at radius 1 is 1.17 bits per heavy atom. The molecule has 8 heteroatoms. The van der Waals surface area contributed by atoms with Crippen molar-refractivity contribution in [2.45, 2.75) is 27.2 Å². The van der Waals surface area contributed by atoms with Gasteiger partial charge in [0.1, 0.15) is 11.6 Å². The Hall–Kier alpha value is -3.23. The van der Waals surface area contributed by atoms with E-state index in [4.69, 9.17) is 14.5 Å². The number of ether oxygens (including phenoxy) is 2. The first-order valence-corrected chi connectivity index (χ1v) is 13.2. The fourth-order valence-corrected chi connectivity index (χ4v) is 5.77. The molecule has 0 N–H and O–H groups in total. The fraction of sp³-hybridized carbons (Fsp3) is 0.296. The highest BCUT2D eigenvalue weighted by Gasteiger charge is 2.21. The van der Waals surface area contributed by atoms with Crippen LogP contribution in [-0.2, 0) is 11.2 Å². The number of thiazole rings is 1. The zero-order valence-corrected chi connectivity index (χ0v) is 22.2. The molecule has 0 saturated carbocycles. The van der Waals surface area contributed by atoms with Crippen molar-refractivity contribution in [3.8, 4) is 27.4 Å². The Bertz CT molecular complexity index is 1300. The quantitative estimate of drug-likeness (QED) is 0.225. The summed E-state index contributed by atoms with van der Waals surface area (Å²) in [5, 5.41) is 2.79. The van der Waals surface area contributed by atoms with Gasteiger partial charge in [-0.25, -0.2) is 14.8 Å². The van der Waals surface area contributed by atoms with Crippen molar-refractivity contribution in [1.29, 1.82) is 0 Å². The number of carbonyl (C=O) groups is 1. The molecule has 0 spiro atoms. The second kappa shape index (κ2) is 11.0. The number of rotatable bonds is 9. The first-order valence-electron chi connectivity index (χ1n) is 11.5. The van der Waals surface area contributed by atoms with E-state index < -0.39 is 5.97 Å². The number of pyridine rings is 1. The third-order valence-corrected chi connectivity index (χ3v) is 7.47. The van der Waals surface area contributed by atoms with Crippen LogP contribution in [0, 0.1) is 5.92 Å². The molecule has 0 aliphatic heterocycles. The number of anilines is 2. The summed E-state index contributed by atoms with van der Waals surface area (Å²) in [7, 11) is 3.32. The largest absolute Gasteiger partial charge is 0.494 e. The van der Waals surface area contributed by atoms with Gasteiger partial charge in [-0.1, -0.05) is 32.0 Å². The van der Waals surface area contributed by atoms with Crippen LogP contribution in [-0.4, -0.2) is 36.7 Å². The highest BCUT2D eigenvalue weighted by atomic mass is 32.1. The average molecular weight is 508 g/mol. The van der Waals surface area contributed by atoms with E-state index in [1.165, 1.54) is 12.0 Å². The van der Waals surface area contributed by atoms with E-state index in [1.54, 1.807) is 34.9 Å². The molecule has 0 radical (unpaired) electrons. The maximum absolute atomic E-state index is 12.6. The summed E-state index contributed by atoms with van der Waals surface area (Å²) in [6.07, 6.45) is 2.65. The maximum Gasteiger partial charge on any atom is 0.338 e. The van der Waals surface area contributed by atoms with Gasteiger partial charge in [0.25, 0.3) is 0 Å². The molecule has 0 aliphatic carbocycles. The van der Waals surface area contributed by atoms with Gasteiger partial charge >= 0.3 is 5.97 Å². The topological polar surface area (TPSA) is 64.5 Å². The Morgan fingerprint density at radius 3 is 2.69 bits per heavy atom. The predicted molar refractivity (Wildman–Crippen MR) is 144 cm³/mol. The molecule has 0 aliphatic rings. The Kier molecular flexibility index (Phi) is 7.83. The molecule has 0 saturated heterocycles. The lowest BCUT2D eigenvalue weighted by Crippen LogP contribution is -2.13. The standard InChI is InChI=1S/C27H29N3O3S2/c1-6-33-19-10-7-9-18(14-19)25-23(13-17(2)3)35-27(29-25)30(4)24-15-20(26(31)32-5)21(16-28-24)22-11-8-12-34-22/h7-12,14-17H,6,13H2,1-5H3. The summed E-state index contributed by atoms with van der Waals surface area (Å²) < 4.78 is 10.8. The Labute approximate surface area is 214 Å². The number of aromatic nitrogens is 2. The van der Waals surface area contributed by atoms with E-state index in [-0.39, 0.29) is 0 Å². The van der Waals surface area contributed by atoms with Gasteiger partial charge in [0.2, 0.25) is 0 Å². The van der Waals surface area contributed by atoms with Gasteiger partial charge in [-0.15, -0.1) is 22.7 Å². The van der Waals surface area contributed by atoms with Crippen molar-refractivity contribution in [3.05, 3.63) is 64.5 Å². The summed E-state index contributed by atoms with van der Waals surface area (Å²) >= 11 is 3.21. The van der Waals surface area contributed by atoms with Crippen molar-refractivity contribution in [2.75, 3.05) is 25.7 Å². The van der Waals surface area contributed by atoms with Crippen LogP contribution in [0.25, 0.3) is 21.7 Å². The molecule has 3 heterocycles. The maximum atomic E-state index is 12.6. The van der Waals surface area contributed by atoms with E-state index in [9.17, 15) is 4.79 Å². The minimum atomic E-state index is -0.390. The molecule has 0 bridgehead atoms. The molecular formula is C27H29N3O3S2. The normalized spacial score (nSPS) is 11.0. The summed E-state index contributed by atoms with van der Waals surface area (Å²) in [6, 6.07) is 13.8. The van der Waals surface area contributed by atoms with Crippen molar-refractivity contribution in [3.63, 3.8) is 0 Å². The minimum Gasteiger partial charge on any atom is -0.494 e. The van der Waals surface area contributed by atoms with E-state index >= 15 is 0 Å². The minimum absolute atomic E-state index is 0.390. The van der Waals surface area contributed by atoms with Gasteiger partial charge < -0.3 is 14.4 Å². The second-order valence-electron chi connectivity index (χ2n) is 8.44. The van der Waals surface area contributed by atoms with E-state index in [2.05, 4.69) is 24.9 Å². The highest BCUT2D eigenvalue weighted by Crippen LogP contribution is 2.38. The van der Waals surface area contributed by atoms with Crippen molar-refractivity contribution >= 4 is 39.6 Å². The van der Waals surface area contributed by atoms with Crippen LogP contribution in [0.15, 0.2) is 54.0 Å². The second-order valence-corrected chi connectivity index (χ2v) is 10.5. The molecule has 6 nitrogen and oxygen atoms in total. The molecule has 0 unspecified atom stereocenters. The molecule has 182 valence electrons. The van der Waals surface area contributed by atoms with E-state index in [0.29, 0.717) is 23.9 Å².